The van der Waals surface area contributed by atoms with Gasteiger partial charge >= 0.3 is 0 Å². The number of benzene rings is 4. The summed E-state index contributed by atoms with van der Waals surface area (Å²) in [6.07, 6.45) is 2.13. The Morgan fingerprint density at radius 1 is 0.656 bits per heavy atom. The molecule has 156 valence electrons. The fourth-order valence-corrected chi connectivity index (χ4v) is 3.75. The van der Waals surface area contributed by atoms with Crippen LogP contribution in [0.2, 0.25) is 0 Å². The lowest BCUT2D eigenvalue weighted by molar-refractivity contribution is 1.49. The first kappa shape index (κ1) is 21.7. The molecule has 0 aliphatic rings. The van der Waals surface area contributed by atoms with E-state index in [-0.39, 0.29) is 0 Å². The van der Waals surface area contributed by atoms with Crippen molar-refractivity contribution in [2.45, 2.75) is 6.92 Å². The summed E-state index contributed by atoms with van der Waals surface area (Å²) >= 11 is 3.51. The van der Waals surface area contributed by atoms with Crippen LogP contribution >= 0.6 is 15.9 Å². The molecule has 0 bridgehead atoms. The van der Waals surface area contributed by atoms with Gasteiger partial charge in [-0.15, -0.1) is 0 Å². The molecule has 1 nitrogen and oxygen atoms in total. The van der Waals surface area contributed by atoms with Gasteiger partial charge in [-0.25, -0.2) is 4.99 Å². The van der Waals surface area contributed by atoms with Gasteiger partial charge in [0, 0.05) is 10.0 Å². The molecule has 4 rings (SSSR count). The average molecular weight is 478 g/mol. The molecule has 2 heteroatoms. The fraction of sp³-hybridized carbons (Fsp3) is 0.0333. The van der Waals surface area contributed by atoms with Crippen LogP contribution < -0.4 is 0 Å². The highest BCUT2D eigenvalue weighted by Gasteiger charge is 2.07. The van der Waals surface area contributed by atoms with Crippen LogP contribution in [0.5, 0.6) is 0 Å². The Kier molecular flexibility index (Phi) is 6.94. The van der Waals surface area contributed by atoms with Crippen LogP contribution in [0.15, 0.2) is 131 Å². The normalized spacial score (nSPS) is 11.9. The van der Waals surface area contributed by atoms with Crippen LogP contribution in [0.1, 0.15) is 23.6 Å². The topological polar surface area (TPSA) is 12.4 Å². The summed E-state index contributed by atoms with van der Waals surface area (Å²) in [6.45, 7) is 6.34. The van der Waals surface area contributed by atoms with Crippen molar-refractivity contribution in [3.8, 4) is 11.1 Å². The van der Waals surface area contributed by atoms with Crippen molar-refractivity contribution >= 4 is 32.9 Å². The van der Waals surface area contributed by atoms with Crippen molar-refractivity contribution in [1.82, 2.24) is 0 Å². The van der Waals surface area contributed by atoms with E-state index in [0.29, 0.717) is 0 Å². The first-order chi connectivity index (χ1) is 15.6. The summed E-state index contributed by atoms with van der Waals surface area (Å²) in [5, 5.41) is 0. The van der Waals surface area contributed by atoms with Crippen LogP contribution in [0.25, 0.3) is 22.4 Å². The molecular weight excluding hydrogens is 454 g/mol. The lowest BCUT2D eigenvalue weighted by atomic mass is 9.99. The van der Waals surface area contributed by atoms with Crippen molar-refractivity contribution in [3.63, 3.8) is 0 Å². The number of halogens is 1. The van der Waals surface area contributed by atoms with Gasteiger partial charge in [0.1, 0.15) is 0 Å². The number of rotatable bonds is 6. The molecule has 0 unspecified atom stereocenters. The molecule has 0 aliphatic carbocycles. The summed E-state index contributed by atoms with van der Waals surface area (Å²) in [6, 6.07) is 37.4. The Balaban J connectivity index is 1.73. The second-order valence-electron chi connectivity index (χ2n) is 7.59. The standard InChI is InChI=1S/C30H24BrN/c1-22(24-17-19-29(31)20-18-24)21-30(32-23(2)25-9-5-3-6-10-25)28-15-13-27(14-16-28)26-11-7-4-8-12-26/h3-21H,2H2,1H3/b22-21+,32-30?. The van der Waals surface area contributed by atoms with Gasteiger partial charge in [0.25, 0.3) is 0 Å². The Labute approximate surface area is 198 Å². The quantitative estimate of drug-likeness (QED) is 0.246. The van der Waals surface area contributed by atoms with E-state index in [1.807, 2.05) is 36.4 Å². The summed E-state index contributed by atoms with van der Waals surface area (Å²) < 4.78 is 1.07. The molecule has 0 fully saturated rings. The van der Waals surface area contributed by atoms with Gasteiger partial charge in [-0.05, 0) is 53.0 Å². The molecule has 0 saturated carbocycles. The smallest absolute Gasteiger partial charge is 0.0712 e. The van der Waals surface area contributed by atoms with Gasteiger partial charge in [0.05, 0.1) is 11.4 Å². The maximum absolute atomic E-state index is 4.94. The molecule has 4 aromatic rings. The van der Waals surface area contributed by atoms with E-state index in [1.165, 1.54) is 11.1 Å². The van der Waals surface area contributed by atoms with Crippen molar-refractivity contribution in [2.24, 2.45) is 4.99 Å². The van der Waals surface area contributed by atoms with E-state index in [1.54, 1.807) is 0 Å². The van der Waals surface area contributed by atoms with Crippen LogP contribution in [0.4, 0.5) is 0 Å². The Morgan fingerprint density at radius 2 is 1.19 bits per heavy atom. The number of allylic oxidation sites excluding steroid dienone is 2. The SMILES string of the molecule is C=C(N=C(/C=C(\C)c1ccc(Br)cc1)c1ccc(-c2ccccc2)cc1)c1ccccc1. The zero-order valence-corrected chi connectivity index (χ0v) is 19.6. The molecule has 0 heterocycles. The lowest BCUT2D eigenvalue weighted by Crippen LogP contribution is -1.99. The summed E-state index contributed by atoms with van der Waals surface area (Å²) in [7, 11) is 0. The molecule has 0 spiro atoms. The molecule has 32 heavy (non-hydrogen) atoms. The van der Waals surface area contributed by atoms with Crippen molar-refractivity contribution < 1.29 is 0 Å². The summed E-state index contributed by atoms with van der Waals surface area (Å²) in [5.41, 5.74) is 8.39. The highest BCUT2D eigenvalue weighted by atomic mass is 79.9. The van der Waals surface area contributed by atoms with Crippen molar-refractivity contribution in [3.05, 3.63) is 143 Å². The Bertz CT molecular complexity index is 1250. The van der Waals surface area contributed by atoms with Crippen LogP contribution in [0.3, 0.4) is 0 Å². The molecule has 0 saturated heterocycles. The zero-order valence-electron chi connectivity index (χ0n) is 18.0. The van der Waals surface area contributed by atoms with Crippen LogP contribution in [-0.4, -0.2) is 5.71 Å². The molecular formula is C30H24BrN. The van der Waals surface area contributed by atoms with Gasteiger partial charge in [0.15, 0.2) is 0 Å². The van der Waals surface area contributed by atoms with Gasteiger partial charge in [-0.2, -0.15) is 0 Å². The molecule has 0 aliphatic heterocycles. The van der Waals surface area contributed by atoms with E-state index >= 15 is 0 Å². The number of aliphatic imine (C=N–C) groups is 1. The minimum atomic E-state index is 0.743. The zero-order chi connectivity index (χ0) is 22.3. The van der Waals surface area contributed by atoms with E-state index in [2.05, 4.69) is 108 Å². The predicted octanol–water partition coefficient (Wildman–Crippen LogP) is 8.68. The molecule has 0 radical (unpaired) electrons. The molecule has 0 N–H and O–H groups in total. The van der Waals surface area contributed by atoms with E-state index in [4.69, 9.17) is 4.99 Å². The Hall–Kier alpha value is -3.49. The average Bonchev–Trinajstić information content (AvgIpc) is 2.85. The second kappa shape index (κ2) is 10.2. The third-order valence-electron chi connectivity index (χ3n) is 5.30. The third kappa shape index (κ3) is 5.40. The van der Waals surface area contributed by atoms with Gasteiger partial charge in [-0.3, -0.25) is 0 Å². The van der Waals surface area contributed by atoms with Crippen LogP contribution in [0, 0.1) is 0 Å². The maximum Gasteiger partial charge on any atom is 0.0712 e. The summed E-state index contributed by atoms with van der Waals surface area (Å²) in [4.78, 5) is 4.94. The van der Waals surface area contributed by atoms with Crippen molar-refractivity contribution in [2.75, 3.05) is 0 Å². The first-order valence-electron chi connectivity index (χ1n) is 10.5. The van der Waals surface area contributed by atoms with E-state index in [9.17, 15) is 0 Å². The van der Waals surface area contributed by atoms with E-state index < -0.39 is 0 Å². The highest BCUT2D eigenvalue weighted by molar-refractivity contribution is 9.10. The summed E-state index contributed by atoms with van der Waals surface area (Å²) in [5.74, 6) is 0. The first-order valence-corrected chi connectivity index (χ1v) is 11.3. The highest BCUT2D eigenvalue weighted by Crippen LogP contribution is 2.23. The largest absolute Gasteiger partial charge is 0.248 e. The number of hydrogen-bond acceptors (Lipinski definition) is 1. The maximum atomic E-state index is 4.94. The third-order valence-corrected chi connectivity index (χ3v) is 5.83. The minimum absolute atomic E-state index is 0.743. The van der Waals surface area contributed by atoms with Crippen molar-refractivity contribution in [1.29, 1.82) is 0 Å². The lowest BCUT2D eigenvalue weighted by Gasteiger charge is -2.09. The molecule has 0 amide bonds. The molecule has 0 atom stereocenters. The van der Waals surface area contributed by atoms with Gasteiger partial charge < -0.3 is 0 Å². The van der Waals surface area contributed by atoms with Crippen LogP contribution in [-0.2, 0) is 0 Å². The predicted molar refractivity (Wildman–Crippen MR) is 142 cm³/mol. The van der Waals surface area contributed by atoms with E-state index in [0.717, 1.165) is 38.1 Å². The fourth-order valence-electron chi connectivity index (χ4n) is 3.49. The molecule has 0 aromatic heterocycles. The second-order valence-corrected chi connectivity index (χ2v) is 8.50. The number of hydrogen-bond donors (Lipinski definition) is 0. The van der Waals surface area contributed by atoms with Gasteiger partial charge in [-0.1, -0.05) is 120 Å². The monoisotopic (exact) mass is 477 g/mol. The Morgan fingerprint density at radius 3 is 1.81 bits per heavy atom. The van der Waals surface area contributed by atoms with Gasteiger partial charge in [0.2, 0.25) is 0 Å². The molecule has 4 aromatic carbocycles. The number of nitrogens with zero attached hydrogens (tertiary/aromatic N) is 1. The minimum Gasteiger partial charge on any atom is -0.248 e.